The zero-order valence-corrected chi connectivity index (χ0v) is 17.3. The molecule has 1 aliphatic carbocycles. The lowest BCUT2D eigenvalue weighted by atomic mass is 9.85. The molecule has 0 aromatic carbocycles. The monoisotopic (exact) mass is 407 g/mol. The van der Waals surface area contributed by atoms with Crippen molar-refractivity contribution in [2.75, 3.05) is 30.8 Å². The Morgan fingerprint density at radius 3 is 2.61 bits per heavy atom. The van der Waals surface area contributed by atoms with Crippen molar-refractivity contribution in [3.63, 3.8) is 0 Å². The molecule has 1 aromatic rings. The lowest BCUT2D eigenvalue weighted by Crippen LogP contribution is -2.38. The van der Waals surface area contributed by atoms with Gasteiger partial charge in [-0.05, 0) is 68.6 Å². The van der Waals surface area contributed by atoms with Crippen molar-refractivity contribution < 1.29 is 17.9 Å². The first-order valence-corrected chi connectivity index (χ1v) is 12.1. The number of anilines is 1. The number of pyridine rings is 1. The molecule has 0 atom stereocenters. The number of nitrogens with zero attached hydrogens (tertiary/aromatic N) is 3. The molecule has 0 bridgehead atoms. The molecular formula is C20H29N3O4S. The first-order valence-electron chi connectivity index (χ1n) is 10.3. The van der Waals surface area contributed by atoms with Gasteiger partial charge in [-0.2, -0.15) is 0 Å². The Kier molecular flexibility index (Phi) is 5.35. The average molecular weight is 408 g/mol. The molecule has 1 aromatic heterocycles. The molecule has 28 heavy (non-hydrogen) atoms. The second kappa shape index (κ2) is 7.63. The van der Waals surface area contributed by atoms with Crippen LogP contribution in [0.15, 0.2) is 18.3 Å². The van der Waals surface area contributed by atoms with Gasteiger partial charge < -0.3 is 4.74 Å². The van der Waals surface area contributed by atoms with Gasteiger partial charge in [0.25, 0.3) is 0 Å². The molecular weight excluding hydrogens is 378 g/mol. The SMILES string of the molecule is CS(=O)(=O)N1CCC(Cc2ccnc(N3CC4(CCCCC4)OC3=O)c2)CC1. The molecule has 0 unspecified atom stereocenters. The van der Waals surface area contributed by atoms with Crippen molar-refractivity contribution in [1.82, 2.24) is 9.29 Å². The van der Waals surface area contributed by atoms with E-state index in [2.05, 4.69) is 4.98 Å². The molecule has 0 radical (unpaired) electrons. The molecule has 0 N–H and O–H groups in total. The highest BCUT2D eigenvalue weighted by Gasteiger charge is 2.46. The van der Waals surface area contributed by atoms with E-state index in [0.29, 0.717) is 31.4 Å². The maximum Gasteiger partial charge on any atom is 0.416 e. The van der Waals surface area contributed by atoms with Crippen molar-refractivity contribution >= 4 is 21.9 Å². The summed E-state index contributed by atoms with van der Waals surface area (Å²) in [4.78, 5) is 18.6. The Hall–Kier alpha value is -1.67. The molecule has 2 aliphatic heterocycles. The Balaban J connectivity index is 1.40. The summed E-state index contributed by atoms with van der Waals surface area (Å²) in [6, 6.07) is 3.98. The van der Waals surface area contributed by atoms with E-state index in [0.717, 1.165) is 50.5 Å². The fourth-order valence-corrected chi connectivity index (χ4v) is 5.64. The number of ether oxygens (including phenoxy) is 1. The van der Waals surface area contributed by atoms with Gasteiger partial charge in [0.1, 0.15) is 11.4 Å². The van der Waals surface area contributed by atoms with E-state index in [1.165, 1.54) is 12.7 Å². The smallest absolute Gasteiger partial charge is 0.416 e. The van der Waals surface area contributed by atoms with Crippen molar-refractivity contribution in [2.24, 2.45) is 5.92 Å². The molecule has 7 nitrogen and oxygen atoms in total. The minimum atomic E-state index is -3.09. The number of piperidine rings is 1. The normalized spacial score (nSPS) is 23.9. The van der Waals surface area contributed by atoms with Crippen molar-refractivity contribution in [3.8, 4) is 0 Å². The van der Waals surface area contributed by atoms with Crippen LogP contribution in [0, 0.1) is 5.92 Å². The molecule has 4 rings (SSSR count). The lowest BCUT2D eigenvalue weighted by molar-refractivity contribution is 0.0260. The van der Waals surface area contributed by atoms with Gasteiger partial charge in [0.15, 0.2) is 0 Å². The summed E-state index contributed by atoms with van der Waals surface area (Å²) in [7, 11) is -3.09. The lowest BCUT2D eigenvalue weighted by Gasteiger charge is -2.30. The van der Waals surface area contributed by atoms with Gasteiger partial charge in [-0.25, -0.2) is 22.5 Å². The van der Waals surface area contributed by atoms with Crippen LogP contribution < -0.4 is 4.90 Å². The van der Waals surface area contributed by atoms with E-state index in [9.17, 15) is 13.2 Å². The largest absolute Gasteiger partial charge is 0.441 e. The quantitative estimate of drug-likeness (QED) is 0.767. The van der Waals surface area contributed by atoms with Crippen LogP contribution in [0.1, 0.15) is 50.5 Å². The van der Waals surface area contributed by atoms with Gasteiger partial charge in [0.05, 0.1) is 12.8 Å². The molecule has 8 heteroatoms. The van der Waals surface area contributed by atoms with Gasteiger partial charge in [0, 0.05) is 19.3 Å². The van der Waals surface area contributed by atoms with Crippen LogP contribution in [-0.2, 0) is 21.2 Å². The number of amides is 1. The second-order valence-corrected chi connectivity index (χ2v) is 10.5. The molecule has 1 saturated carbocycles. The van der Waals surface area contributed by atoms with Gasteiger partial charge in [-0.1, -0.05) is 6.42 Å². The van der Waals surface area contributed by atoms with E-state index in [1.807, 2.05) is 12.1 Å². The van der Waals surface area contributed by atoms with Crippen LogP contribution in [0.4, 0.5) is 10.6 Å². The van der Waals surface area contributed by atoms with Crippen LogP contribution in [-0.4, -0.2) is 55.3 Å². The summed E-state index contributed by atoms with van der Waals surface area (Å²) < 4.78 is 30.7. The van der Waals surface area contributed by atoms with Crippen LogP contribution in [0.25, 0.3) is 0 Å². The first kappa shape index (κ1) is 19.6. The summed E-state index contributed by atoms with van der Waals surface area (Å²) in [6.07, 6.45) is 10.7. The van der Waals surface area contributed by atoms with Crippen molar-refractivity contribution in [2.45, 2.75) is 57.0 Å². The molecule has 1 amide bonds. The van der Waals surface area contributed by atoms with Crippen LogP contribution >= 0.6 is 0 Å². The van der Waals surface area contributed by atoms with Crippen LogP contribution in [0.5, 0.6) is 0 Å². The predicted octanol–water partition coefficient (Wildman–Crippen LogP) is 2.96. The van der Waals surface area contributed by atoms with Crippen molar-refractivity contribution in [3.05, 3.63) is 23.9 Å². The van der Waals surface area contributed by atoms with Gasteiger partial charge in [-0.3, -0.25) is 4.90 Å². The van der Waals surface area contributed by atoms with Crippen molar-refractivity contribution in [1.29, 1.82) is 0 Å². The van der Waals surface area contributed by atoms with Gasteiger partial charge >= 0.3 is 6.09 Å². The summed E-state index contributed by atoms with van der Waals surface area (Å²) in [5.74, 6) is 1.11. The highest BCUT2D eigenvalue weighted by Crippen LogP contribution is 2.38. The van der Waals surface area contributed by atoms with E-state index in [-0.39, 0.29) is 11.7 Å². The molecule has 154 valence electrons. The van der Waals surface area contributed by atoms with Crippen LogP contribution in [0.2, 0.25) is 0 Å². The summed E-state index contributed by atoms with van der Waals surface area (Å²) in [5, 5.41) is 0. The number of carbonyl (C=O) groups excluding carboxylic acids is 1. The number of aromatic nitrogens is 1. The van der Waals surface area contributed by atoms with E-state index in [1.54, 1.807) is 15.4 Å². The maximum atomic E-state index is 12.5. The fraction of sp³-hybridized carbons (Fsp3) is 0.700. The summed E-state index contributed by atoms with van der Waals surface area (Å²) >= 11 is 0. The zero-order chi connectivity index (χ0) is 19.8. The highest BCUT2D eigenvalue weighted by molar-refractivity contribution is 7.88. The Morgan fingerprint density at radius 2 is 1.93 bits per heavy atom. The average Bonchev–Trinajstić information content (AvgIpc) is 2.98. The fourth-order valence-electron chi connectivity index (χ4n) is 4.77. The predicted molar refractivity (Wildman–Crippen MR) is 107 cm³/mol. The molecule has 3 fully saturated rings. The first-order chi connectivity index (χ1) is 13.3. The molecule has 2 saturated heterocycles. The Morgan fingerprint density at radius 1 is 1.21 bits per heavy atom. The minimum Gasteiger partial charge on any atom is -0.441 e. The third-order valence-electron chi connectivity index (χ3n) is 6.39. The highest BCUT2D eigenvalue weighted by atomic mass is 32.2. The van der Waals surface area contributed by atoms with Gasteiger partial charge in [-0.15, -0.1) is 0 Å². The van der Waals surface area contributed by atoms with Gasteiger partial charge in [0.2, 0.25) is 10.0 Å². The zero-order valence-electron chi connectivity index (χ0n) is 16.5. The maximum absolute atomic E-state index is 12.5. The van der Waals surface area contributed by atoms with Crippen LogP contribution in [0.3, 0.4) is 0 Å². The number of hydrogen-bond donors (Lipinski definition) is 0. The van der Waals surface area contributed by atoms with E-state index >= 15 is 0 Å². The Bertz CT molecular complexity index is 828. The third-order valence-corrected chi connectivity index (χ3v) is 7.69. The number of sulfonamides is 1. The minimum absolute atomic E-state index is 0.284. The summed E-state index contributed by atoms with van der Waals surface area (Å²) in [5.41, 5.74) is 0.811. The van der Waals surface area contributed by atoms with E-state index in [4.69, 9.17) is 4.74 Å². The van der Waals surface area contributed by atoms with E-state index < -0.39 is 10.0 Å². The summed E-state index contributed by atoms with van der Waals surface area (Å²) in [6.45, 7) is 1.76. The third kappa shape index (κ3) is 4.17. The number of carbonyl (C=O) groups is 1. The number of rotatable bonds is 4. The topological polar surface area (TPSA) is 79.8 Å². The molecule has 3 aliphatic rings. The second-order valence-electron chi connectivity index (χ2n) is 8.53. The molecule has 3 heterocycles. The standard InChI is InChI=1S/C20H29N3O4S/c1-28(25,26)22-11-6-16(7-12-22)13-17-5-10-21-18(14-17)23-15-20(27-19(23)24)8-3-2-4-9-20/h5,10,14,16H,2-4,6-9,11-13,15H2,1H3. The Labute approximate surface area is 167 Å². The number of hydrogen-bond acceptors (Lipinski definition) is 5. The molecule has 1 spiro atoms.